The van der Waals surface area contributed by atoms with Gasteiger partial charge < -0.3 is 5.32 Å². The number of halogens is 1. The first-order valence-electron chi connectivity index (χ1n) is 3.52. The summed E-state index contributed by atoms with van der Waals surface area (Å²) in [5.74, 6) is 0.654. The topological polar surface area (TPSA) is 29.1 Å². The van der Waals surface area contributed by atoms with E-state index < -0.39 is 0 Å². The van der Waals surface area contributed by atoms with E-state index in [1.807, 2.05) is 13.8 Å². The van der Waals surface area contributed by atoms with Gasteiger partial charge in [-0.25, -0.2) is 0 Å². The maximum absolute atomic E-state index is 10.8. The maximum atomic E-state index is 10.8. The molecule has 10 heavy (non-hydrogen) atoms. The fourth-order valence-electron chi connectivity index (χ4n) is 0.622. The van der Waals surface area contributed by atoms with Gasteiger partial charge in [-0.05, 0) is 20.3 Å². The van der Waals surface area contributed by atoms with Crippen molar-refractivity contribution in [3.8, 4) is 0 Å². The fraction of sp³-hybridized carbons (Fsp3) is 0.857. The second-order valence-corrected chi connectivity index (χ2v) is 2.89. The van der Waals surface area contributed by atoms with Crippen molar-refractivity contribution in [2.45, 2.75) is 32.7 Å². The molecule has 0 radical (unpaired) electrons. The molecule has 0 rings (SSSR count). The molecule has 0 aromatic carbocycles. The van der Waals surface area contributed by atoms with Crippen LogP contribution in [0.15, 0.2) is 0 Å². The Morgan fingerprint density at radius 2 is 2.20 bits per heavy atom. The van der Waals surface area contributed by atoms with Crippen molar-refractivity contribution >= 4 is 17.5 Å². The molecule has 0 aliphatic carbocycles. The number of carbonyl (C=O) groups excluding carboxylic acids is 1. The van der Waals surface area contributed by atoms with Crippen LogP contribution in [0.5, 0.6) is 0 Å². The van der Waals surface area contributed by atoms with Gasteiger partial charge in [-0.1, -0.05) is 0 Å². The summed E-state index contributed by atoms with van der Waals surface area (Å²) in [5, 5.41) is 2.78. The van der Waals surface area contributed by atoms with Crippen molar-refractivity contribution in [2.75, 3.05) is 5.88 Å². The van der Waals surface area contributed by atoms with Gasteiger partial charge in [-0.2, -0.15) is 0 Å². The molecule has 60 valence electrons. The Morgan fingerprint density at radius 3 is 2.60 bits per heavy atom. The van der Waals surface area contributed by atoms with E-state index in [9.17, 15) is 4.79 Å². The lowest BCUT2D eigenvalue weighted by Gasteiger charge is -2.06. The van der Waals surface area contributed by atoms with Crippen LogP contribution in [0.1, 0.15) is 26.7 Å². The molecule has 2 nitrogen and oxygen atoms in total. The van der Waals surface area contributed by atoms with Crippen molar-refractivity contribution in [1.82, 2.24) is 5.32 Å². The summed E-state index contributed by atoms with van der Waals surface area (Å²) < 4.78 is 0. The minimum Gasteiger partial charge on any atom is -0.354 e. The van der Waals surface area contributed by atoms with E-state index in [4.69, 9.17) is 11.6 Å². The fourth-order valence-corrected chi connectivity index (χ4v) is 0.755. The molecule has 0 aliphatic rings. The predicted molar refractivity (Wildman–Crippen MR) is 43.2 cm³/mol. The van der Waals surface area contributed by atoms with Crippen LogP contribution in [0.3, 0.4) is 0 Å². The second kappa shape index (κ2) is 5.54. The van der Waals surface area contributed by atoms with Crippen LogP contribution in [-0.2, 0) is 4.79 Å². The highest BCUT2D eigenvalue weighted by Crippen LogP contribution is 1.91. The van der Waals surface area contributed by atoms with Crippen LogP contribution in [0.4, 0.5) is 0 Å². The summed E-state index contributed by atoms with van der Waals surface area (Å²) in [6.45, 7) is 3.89. The standard InChI is InChI=1S/C7H14ClNO/c1-6(2)9-7(10)4-3-5-8/h6H,3-5H2,1-2H3,(H,9,10). The van der Waals surface area contributed by atoms with Crippen molar-refractivity contribution in [1.29, 1.82) is 0 Å². The lowest BCUT2D eigenvalue weighted by molar-refractivity contribution is -0.121. The van der Waals surface area contributed by atoms with Crippen molar-refractivity contribution in [2.24, 2.45) is 0 Å². The quantitative estimate of drug-likeness (QED) is 0.626. The van der Waals surface area contributed by atoms with E-state index in [0.717, 1.165) is 6.42 Å². The first kappa shape index (κ1) is 9.76. The van der Waals surface area contributed by atoms with Gasteiger partial charge in [0.15, 0.2) is 0 Å². The molecule has 0 atom stereocenters. The number of carbonyl (C=O) groups is 1. The van der Waals surface area contributed by atoms with Gasteiger partial charge in [0, 0.05) is 18.3 Å². The number of nitrogens with one attached hydrogen (secondary N) is 1. The molecule has 0 saturated carbocycles. The van der Waals surface area contributed by atoms with Crippen LogP contribution in [0, 0.1) is 0 Å². The predicted octanol–water partition coefficient (Wildman–Crippen LogP) is 1.53. The molecule has 1 amide bonds. The van der Waals surface area contributed by atoms with E-state index in [-0.39, 0.29) is 11.9 Å². The van der Waals surface area contributed by atoms with Crippen LogP contribution < -0.4 is 5.32 Å². The molecular formula is C7H14ClNO. The smallest absolute Gasteiger partial charge is 0.220 e. The highest BCUT2D eigenvalue weighted by Gasteiger charge is 2.00. The Balaban J connectivity index is 3.26. The molecular weight excluding hydrogens is 150 g/mol. The maximum Gasteiger partial charge on any atom is 0.220 e. The first-order valence-corrected chi connectivity index (χ1v) is 4.05. The molecule has 0 saturated heterocycles. The Bertz CT molecular complexity index is 104. The third-order valence-electron chi connectivity index (χ3n) is 0.987. The van der Waals surface area contributed by atoms with Gasteiger partial charge in [-0.3, -0.25) is 4.79 Å². The van der Waals surface area contributed by atoms with Gasteiger partial charge in [0.05, 0.1) is 0 Å². The van der Waals surface area contributed by atoms with Gasteiger partial charge in [0.2, 0.25) is 5.91 Å². The van der Waals surface area contributed by atoms with E-state index in [1.165, 1.54) is 0 Å². The molecule has 1 N–H and O–H groups in total. The summed E-state index contributed by atoms with van der Waals surface area (Å²) >= 11 is 5.40. The van der Waals surface area contributed by atoms with Crippen LogP contribution in [0.2, 0.25) is 0 Å². The zero-order chi connectivity index (χ0) is 7.98. The summed E-state index contributed by atoms with van der Waals surface area (Å²) in [6.07, 6.45) is 1.31. The zero-order valence-corrected chi connectivity index (χ0v) is 7.24. The van der Waals surface area contributed by atoms with Crippen molar-refractivity contribution in [3.63, 3.8) is 0 Å². The number of alkyl halides is 1. The highest BCUT2D eigenvalue weighted by atomic mass is 35.5. The number of hydrogen-bond acceptors (Lipinski definition) is 1. The number of hydrogen-bond donors (Lipinski definition) is 1. The van der Waals surface area contributed by atoms with Crippen molar-refractivity contribution < 1.29 is 4.79 Å². The molecule has 0 heterocycles. The molecule has 0 aromatic rings. The van der Waals surface area contributed by atoms with Crippen LogP contribution in [0.25, 0.3) is 0 Å². The van der Waals surface area contributed by atoms with Gasteiger partial charge in [-0.15, -0.1) is 11.6 Å². The first-order chi connectivity index (χ1) is 4.66. The summed E-state index contributed by atoms with van der Waals surface area (Å²) in [5.41, 5.74) is 0. The molecule has 0 bridgehead atoms. The Hall–Kier alpha value is -0.240. The van der Waals surface area contributed by atoms with E-state index >= 15 is 0 Å². The molecule has 0 spiro atoms. The van der Waals surface area contributed by atoms with Gasteiger partial charge >= 0.3 is 0 Å². The third kappa shape index (κ3) is 5.89. The average molecular weight is 164 g/mol. The van der Waals surface area contributed by atoms with Gasteiger partial charge in [0.1, 0.15) is 0 Å². The number of rotatable bonds is 4. The summed E-state index contributed by atoms with van der Waals surface area (Å²) in [4.78, 5) is 10.8. The molecule has 0 aliphatic heterocycles. The van der Waals surface area contributed by atoms with Crippen molar-refractivity contribution in [3.05, 3.63) is 0 Å². The Labute approximate surface area is 66.9 Å². The number of amides is 1. The average Bonchev–Trinajstić information content (AvgIpc) is 1.82. The zero-order valence-electron chi connectivity index (χ0n) is 6.48. The molecule has 3 heteroatoms. The van der Waals surface area contributed by atoms with E-state index in [1.54, 1.807) is 0 Å². The Morgan fingerprint density at radius 1 is 1.60 bits per heavy atom. The minimum absolute atomic E-state index is 0.0932. The largest absolute Gasteiger partial charge is 0.354 e. The highest BCUT2D eigenvalue weighted by molar-refractivity contribution is 6.17. The Kier molecular flexibility index (Phi) is 5.40. The normalized spacial score (nSPS) is 10.0. The SMILES string of the molecule is CC(C)NC(=O)CCCCl. The van der Waals surface area contributed by atoms with Crippen LogP contribution in [-0.4, -0.2) is 17.8 Å². The third-order valence-corrected chi connectivity index (χ3v) is 1.25. The van der Waals surface area contributed by atoms with E-state index in [2.05, 4.69) is 5.32 Å². The molecule has 0 fully saturated rings. The monoisotopic (exact) mass is 163 g/mol. The summed E-state index contributed by atoms with van der Waals surface area (Å²) in [6, 6.07) is 0.239. The van der Waals surface area contributed by atoms with Crippen LogP contribution >= 0.6 is 11.6 Å². The minimum atomic E-state index is 0.0932. The second-order valence-electron chi connectivity index (χ2n) is 2.51. The molecule has 0 unspecified atom stereocenters. The molecule has 0 aromatic heterocycles. The lowest BCUT2D eigenvalue weighted by Crippen LogP contribution is -2.29. The van der Waals surface area contributed by atoms with Gasteiger partial charge in [0.25, 0.3) is 0 Å². The van der Waals surface area contributed by atoms with E-state index in [0.29, 0.717) is 12.3 Å². The summed E-state index contributed by atoms with van der Waals surface area (Å²) in [7, 11) is 0. The lowest BCUT2D eigenvalue weighted by atomic mass is 10.3.